The first-order chi connectivity index (χ1) is 8.63. The van der Waals surface area contributed by atoms with Crippen LogP contribution in [0.3, 0.4) is 0 Å². The van der Waals surface area contributed by atoms with Crippen molar-refractivity contribution in [3.63, 3.8) is 0 Å². The summed E-state index contributed by atoms with van der Waals surface area (Å²) in [6, 6.07) is 4.58. The first-order valence-corrected chi connectivity index (χ1v) is 6.16. The number of imidazole rings is 1. The Morgan fingerprint density at radius 1 is 1.44 bits per heavy atom. The number of nitrogens with zero attached hydrogens (tertiary/aromatic N) is 2. The molecule has 96 valence electrons. The summed E-state index contributed by atoms with van der Waals surface area (Å²) in [5.41, 5.74) is 7.50. The molecule has 18 heavy (non-hydrogen) atoms. The van der Waals surface area contributed by atoms with E-state index in [0.29, 0.717) is 11.4 Å². The quantitative estimate of drug-likeness (QED) is 0.902. The summed E-state index contributed by atoms with van der Waals surface area (Å²) in [7, 11) is 0. The fraction of sp³-hybridized carbons (Fsp3) is 0.357. The molecule has 4 heteroatoms. The highest BCUT2D eigenvalue weighted by Crippen LogP contribution is 2.22. The summed E-state index contributed by atoms with van der Waals surface area (Å²) in [5, 5.41) is 0. The van der Waals surface area contributed by atoms with E-state index in [1.54, 1.807) is 12.3 Å². The van der Waals surface area contributed by atoms with Crippen LogP contribution in [-0.4, -0.2) is 9.55 Å². The third-order valence-electron chi connectivity index (χ3n) is 2.98. The van der Waals surface area contributed by atoms with E-state index < -0.39 is 6.04 Å². The summed E-state index contributed by atoms with van der Waals surface area (Å²) in [6.07, 6.45) is 4.58. The molecule has 0 radical (unpaired) electrons. The minimum atomic E-state index is -0.521. The molecule has 0 bridgehead atoms. The van der Waals surface area contributed by atoms with Gasteiger partial charge in [-0.1, -0.05) is 19.1 Å². The smallest absolute Gasteiger partial charge is 0.130 e. The number of hydrogen-bond acceptors (Lipinski definition) is 2. The molecule has 2 rings (SSSR count). The van der Waals surface area contributed by atoms with Gasteiger partial charge in [-0.3, -0.25) is 0 Å². The lowest BCUT2D eigenvalue weighted by Gasteiger charge is -2.15. The van der Waals surface area contributed by atoms with E-state index in [0.717, 1.165) is 18.5 Å². The summed E-state index contributed by atoms with van der Waals surface area (Å²) in [5.74, 6) is 0.438. The minimum Gasteiger partial charge on any atom is -0.333 e. The predicted octanol–water partition coefficient (Wildman–Crippen LogP) is 2.79. The van der Waals surface area contributed by atoms with Crippen molar-refractivity contribution in [3.05, 3.63) is 53.4 Å². The Balaban J connectivity index is 2.35. The Labute approximate surface area is 106 Å². The maximum atomic E-state index is 13.9. The SMILES string of the molecule is CCCn1ccnc1C(N)c1ccc(C)cc1F. The zero-order valence-corrected chi connectivity index (χ0v) is 10.7. The second kappa shape index (κ2) is 5.31. The van der Waals surface area contributed by atoms with E-state index in [2.05, 4.69) is 11.9 Å². The summed E-state index contributed by atoms with van der Waals surface area (Å²) in [6.45, 7) is 4.79. The second-order valence-corrected chi connectivity index (χ2v) is 4.48. The summed E-state index contributed by atoms with van der Waals surface area (Å²) < 4.78 is 15.9. The molecule has 0 spiro atoms. The van der Waals surface area contributed by atoms with Crippen molar-refractivity contribution >= 4 is 0 Å². The molecule has 2 aromatic rings. The van der Waals surface area contributed by atoms with Gasteiger partial charge < -0.3 is 10.3 Å². The number of rotatable bonds is 4. The average Bonchev–Trinajstić information content (AvgIpc) is 2.77. The molecular formula is C14H18FN3. The summed E-state index contributed by atoms with van der Waals surface area (Å²) in [4.78, 5) is 4.25. The van der Waals surface area contributed by atoms with E-state index in [1.807, 2.05) is 23.8 Å². The molecule has 0 aliphatic carbocycles. The van der Waals surface area contributed by atoms with Crippen molar-refractivity contribution in [2.75, 3.05) is 0 Å². The number of aromatic nitrogens is 2. The molecule has 0 saturated carbocycles. The van der Waals surface area contributed by atoms with Crippen molar-refractivity contribution in [1.82, 2.24) is 9.55 Å². The normalized spacial score (nSPS) is 12.7. The maximum absolute atomic E-state index is 13.9. The van der Waals surface area contributed by atoms with Gasteiger partial charge in [-0.05, 0) is 25.0 Å². The molecule has 1 atom stereocenters. The standard InChI is InChI=1S/C14H18FN3/c1-3-7-18-8-6-17-14(18)13(16)11-5-4-10(2)9-12(11)15/h4-6,8-9,13H,3,7,16H2,1-2H3. The van der Waals surface area contributed by atoms with Crippen molar-refractivity contribution in [3.8, 4) is 0 Å². The molecule has 0 fully saturated rings. The van der Waals surface area contributed by atoms with E-state index in [4.69, 9.17) is 5.73 Å². The molecular weight excluding hydrogens is 229 g/mol. The van der Waals surface area contributed by atoms with E-state index in [9.17, 15) is 4.39 Å². The minimum absolute atomic E-state index is 0.270. The van der Waals surface area contributed by atoms with Crippen LogP contribution in [0.4, 0.5) is 4.39 Å². The Hall–Kier alpha value is -1.68. The number of benzene rings is 1. The van der Waals surface area contributed by atoms with Crippen LogP contribution < -0.4 is 5.73 Å². The van der Waals surface area contributed by atoms with Crippen molar-refractivity contribution in [2.24, 2.45) is 5.73 Å². The zero-order valence-electron chi connectivity index (χ0n) is 10.7. The lowest BCUT2D eigenvalue weighted by molar-refractivity contribution is 0.570. The highest BCUT2D eigenvalue weighted by Gasteiger charge is 2.17. The van der Waals surface area contributed by atoms with Gasteiger partial charge in [0.25, 0.3) is 0 Å². The molecule has 0 amide bonds. The molecule has 0 aliphatic rings. The molecule has 1 heterocycles. The number of hydrogen-bond donors (Lipinski definition) is 1. The van der Waals surface area contributed by atoms with Gasteiger partial charge in [0.05, 0.1) is 6.04 Å². The second-order valence-electron chi connectivity index (χ2n) is 4.48. The lowest BCUT2D eigenvalue weighted by Crippen LogP contribution is -2.19. The monoisotopic (exact) mass is 247 g/mol. The largest absolute Gasteiger partial charge is 0.333 e. The van der Waals surface area contributed by atoms with Crippen LogP contribution in [0.25, 0.3) is 0 Å². The summed E-state index contributed by atoms with van der Waals surface area (Å²) >= 11 is 0. The van der Waals surface area contributed by atoms with Crippen molar-refractivity contribution in [1.29, 1.82) is 0 Å². The lowest BCUT2D eigenvalue weighted by atomic mass is 10.0. The van der Waals surface area contributed by atoms with Gasteiger partial charge in [-0.25, -0.2) is 9.37 Å². The molecule has 1 unspecified atom stereocenters. The van der Waals surface area contributed by atoms with E-state index in [-0.39, 0.29) is 5.82 Å². The van der Waals surface area contributed by atoms with Crippen LogP contribution in [0.5, 0.6) is 0 Å². The van der Waals surface area contributed by atoms with Crippen LogP contribution in [0.1, 0.15) is 36.3 Å². The zero-order chi connectivity index (χ0) is 13.1. The van der Waals surface area contributed by atoms with E-state index in [1.165, 1.54) is 6.07 Å². The first kappa shape index (κ1) is 12.8. The molecule has 3 nitrogen and oxygen atoms in total. The fourth-order valence-electron chi connectivity index (χ4n) is 2.05. The highest BCUT2D eigenvalue weighted by molar-refractivity contribution is 5.29. The fourth-order valence-corrected chi connectivity index (χ4v) is 2.05. The van der Waals surface area contributed by atoms with Crippen LogP contribution >= 0.6 is 0 Å². The Morgan fingerprint density at radius 3 is 2.89 bits per heavy atom. The van der Waals surface area contributed by atoms with Gasteiger partial charge in [0.15, 0.2) is 0 Å². The van der Waals surface area contributed by atoms with Crippen LogP contribution in [0.2, 0.25) is 0 Å². The molecule has 0 aliphatic heterocycles. The van der Waals surface area contributed by atoms with Crippen molar-refractivity contribution < 1.29 is 4.39 Å². The van der Waals surface area contributed by atoms with Gasteiger partial charge in [0.1, 0.15) is 11.6 Å². The van der Waals surface area contributed by atoms with E-state index >= 15 is 0 Å². The Kier molecular flexibility index (Phi) is 3.77. The van der Waals surface area contributed by atoms with Crippen LogP contribution in [0.15, 0.2) is 30.6 Å². The Morgan fingerprint density at radius 2 is 2.22 bits per heavy atom. The molecule has 0 saturated heterocycles. The van der Waals surface area contributed by atoms with Crippen molar-refractivity contribution in [2.45, 2.75) is 32.9 Å². The number of halogens is 1. The van der Waals surface area contributed by atoms with Gasteiger partial charge in [-0.2, -0.15) is 0 Å². The number of aryl methyl sites for hydroxylation is 2. The molecule has 1 aromatic carbocycles. The number of nitrogens with two attached hydrogens (primary N) is 1. The first-order valence-electron chi connectivity index (χ1n) is 6.16. The third kappa shape index (κ3) is 2.43. The Bertz CT molecular complexity index is 534. The topological polar surface area (TPSA) is 43.8 Å². The van der Waals surface area contributed by atoms with Gasteiger partial charge in [-0.15, -0.1) is 0 Å². The molecule has 1 aromatic heterocycles. The van der Waals surface area contributed by atoms with Gasteiger partial charge in [0.2, 0.25) is 0 Å². The van der Waals surface area contributed by atoms with Gasteiger partial charge in [0, 0.05) is 24.5 Å². The van der Waals surface area contributed by atoms with Crippen LogP contribution in [-0.2, 0) is 6.54 Å². The predicted molar refractivity (Wildman–Crippen MR) is 69.7 cm³/mol. The average molecular weight is 247 g/mol. The maximum Gasteiger partial charge on any atom is 0.130 e. The molecule has 2 N–H and O–H groups in total. The van der Waals surface area contributed by atoms with Gasteiger partial charge >= 0.3 is 0 Å². The third-order valence-corrected chi connectivity index (χ3v) is 2.98. The van der Waals surface area contributed by atoms with Crippen LogP contribution in [0, 0.1) is 12.7 Å². The highest BCUT2D eigenvalue weighted by atomic mass is 19.1.